The van der Waals surface area contributed by atoms with Crippen LogP contribution in [-0.4, -0.2) is 36.6 Å². The number of nitrogens with two attached hydrogens (primary N) is 2. The first kappa shape index (κ1) is 12.6. The third-order valence-electron chi connectivity index (χ3n) is 6.76. The Morgan fingerprint density at radius 3 is 2.16 bits per heavy atom. The number of hydrogen-bond donors (Lipinski definition) is 2. The minimum Gasteiger partial charge on any atom is -0.329 e. The molecule has 4 aliphatic carbocycles. The van der Waals surface area contributed by atoms with Crippen LogP contribution in [0.25, 0.3) is 0 Å². The molecule has 1 heterocycles. The molecule has 4 saturated carbocycles. The van der Waals surface area contributed by atoms with E-state index in [0.717, 1.165) is 42.6 Å². The Morgan fingerprint density at radius 2 is 1.63 bits per heavy atom. The van der Waals surface area contributed by atoms with Gasteiger partial charge in [0.2, 0.25) is 0 Å². The van der Waals surface area contributed by atoms with Gasteiger partial charge in [-0.2, -0.15) is 0 Å². The molecule has 0 aromatic carbocycles. The van der Waals surface area contributed by atoms with Gasteiger partial charge in [-0.25, -0.2) is 0 Å². The summed E-state index contributed by atoms with van der Waals surface area (Å²) >= 11 is 0. The van der Waals surface area contributed by atoms with E-state index in [0.29, 0.717) is 6.54 Å². The second-order valence-electron chi connectivity index (χ2n) is 8.15. The van der Waals surface area contributed by atoms with Crippen molar-refractivity contribution >= 4 is 0 Å². The van der Waals surface area contributed by atoms with E-state index in [1.54, 1.807) is 6.42 Å². The van der Waals surface area contributed by atoms with E-state index in [1.165, 1.54) is 38.8 Å². The van der Waals surface area contributed by atoms with Gasteiger partial charge in [0.1, 0.15) is 0 Å². The van der Waals surface area contributed by atoms with E-state index >= 15 is 0 Å². The third-order valence-corrected chi connectivity index (χ3v) is 6.76. The van der Waals surface area contributed by atoms with Crippen LogP contribution in [0.4, 0.5) is 0 Å². The van der Waals surface area contributed by atoms with Crippen LogP contribution < -0.4 is 11.5 Å². The molecule has 3 heteroatoms. The summed E-state index contributed by atoms with van der Waals surface area (Å²) in [6, 6.07) is 0. The Hall–Kier alpha value is -0.120. The minimum absolute atomic E-state index is 0.0914. The van der Waals surface area contributed by atoms with Crippen LogP contribution in [-0.2, 0) is 0 Å². The molecule has 0 aromatic rings. The lowest BCUT2D eigenvalue weighted by atomic mass is 9.52. The van der Waals surface area contributed by atoms with Gasteiger partial charge in [-0.1, -0.05) is 0 Å². The van der Waals surface area contributed by atoms with Crippen LogP contribution in [0.1, 0.15) is 38.5 Å². The number of hydrogen-bond acceptors (Lipinski definition) is 3. The average molecular weight is 263 g/mol. The monoisotopic (exact) mass is 263 g/mol. The molecule has 4 N–H and O–H groups in total. The zero-order chi connectivity index (χ0) is 13.0. The smallest absolute Gasteiger partial charge is 0.0419 e. The van der Waals surface area contributed by atoms with Crippen molar-refractivity contribution in [1.29, 1.82) is 0 Å². The zero-order valence-corrected chi connectivity index (χ0v) is 12.1. The van der Waals surface area contributed by atoms with Crippen molar-refractivity contribution in [2.45, 2.75) is 44.1 Å². The highest BCUT2D eigenvalue weighted by Gasteiger charge is 2.49. The second kappa shape index (κ2) is 4.44. The summed E-state index contributed by atoms with van der Waals surface area (Å²) in [5.74, 6) is 5.25. The molecule has 3 nitrogen and oxygen atoms in total. The van der Waals surface area contributed by atoms with Crippen molar-refractivity contribution in [3.8, 4) is 0 Å². The number of nitrogens with zero attached hydrogens (tertiary/aromatic N) is 1. The lowest BCUT2D eigenvalue weighted by molar-refractivity contribution is -0.0472. The van der Waals surface area contributed by atoms with E-state index in [-0.39, 0.29) is 5.54 Å². The fourth-order valence-electron chi connectivity index (χ4n) is 5.94. The largest absolute Gasteiger partial charge is 0.329 e. The van der Waals surface area contributed by atoms with Crippen molar-refractivity contribution in [2.24, 2.45) is 41.1 Å². The van der Waals surface area contributed by atoms with Gasteiger partial charge in [0.25, 0.3) is 0 Å². The summed E-state index contributed by atoms with van der Waals surface area (Å²) in [7, 11) is 0. The Morgan fingerprint density at radius 1 is 1.00 bits per heavy atom. The molecular weight excluding hydrogens is 234 g/mol. The van der Waals surface area contributed by atoms with E-state index < -0.39 is 0 Å². The summed E-state index contributed by atoms with van der Waals surface area (Å²) < 4.78 is 0. The first-order valence-electron chi connectivity index (χ1n) is 8.36. The van der Waals surface area contributed by atoms with E-state index in [2.05, 4.69) is 4.90 Å². The summed E-state index contributed by atoms with van der Waals surface area (Å²) in [6.45, 7) is 4.17. The maximum absolute atomic E-state index is 6.33. The number of rotatable bonds is 3. The lowest BCUT2D eigenvalue weighted by Crippen LogP contribution is -2.51. The van der Waals surface area contributed by atoms with Crippen LogP contribution in [0.5, 0.6) is 0 Å². The van der Waals surface area contributed by atoms with E-state index in [9.17, 15) is 0 Å². The third kappa shape index (κ3) is 2.14. The highest BCUT2D eigenvalue weighted by Crippen LogP contribution is 2.56. The molecule has 0 aromatic heterocycles. The molecule has 108 valence electrons. The van der Waals surface area contributed by atoms with Crippen molar-refractivity contribution in [1.82, 2.24) is 4.90 Å². The SMILES string of the molecule is NCC1(N)CCN(CC2C3CC4CC(C3)CC2C4)C1. The van der Waals surface area contributed by atoms with Crippen molar-refractivity contribution in [3.63, 3.8) is 0 Å². The van der Waals surface area contributed by atoms with Gasteiger partial charge in [-0.3, -0.25) is 0 Å². The quantitative estimate of drug-likeness (QED) is 0.810. The lowest BCUT2D eigenvalue weighted by Gasteiger charge is -2.55. The van der Waals surface area contributed by atoms with Crippen LogP contribution in [0.15, 0.2) is 0 Å². The fraction of sp³-hybridized carbons (Fsp3) is 1.00. The topological polar surface area (TPSA) is 55.3 Å². The molecular formula is C16H29N3. The maximum Gasteiger partial charge on any atom is 0.0419 e. The Balaban J connectivity index is 1.41. The average Bonchev–Trinajstić information content (AvgIpc) is 2.76. The molecule has 5 aliphatic rings. The molecule has 5 rings (SSSR count). The van der Waals surface area contributed by atoms with Gasteiger partial charge in [0.15, 0.2) is 0 Å². The van der Waals surface area contributed by atoms with Crippen LogP contribution in [0.3, 0.4) is 0 Å². The standard InChI is InChI=1S/C16H29N3/c17-9-16(18)1-2-19(10-16)8-15-13-4-11-3-12(6-13)7-14(15)5-11/h11-15H,1-10,17-18H2. The van der Waals surface area contributed by atoms with Gasteiger partial charge in [-0.15, -0.1) is 0 Å². The summed E-state index contributed by atoms with van der Waals surface area (Å²) in [5, 5.41) is 0. The second-order valence-corrected chi connectivity index (χ2v) is 8.15. The first-order chi connectivity index (χ1) is 9.15. The van der Waals surface area contributed by atoms with E-state index in [1.807, 2.05) is 0 Å². The van der Waals surface area contributed by atoms with Crippen LogP contribution in [0, 0.1) is 29.6 Å². The van der Waals surface area contributed by atoms with Gasteiger partial charge in [0, 0.05) is 31.7 Å². The highest BCUT2D eigenvalue weighted by molar-refractivity contribution is 5.01. The van der Waals surface area contributed by atoms with Crippen LogP contribution in [0.2, 0.25) is 0 Å². The first-order valence-corrected chi connectivity index (χ1v) is 8.36. The molecule has 4 bridgehead atoms. The molecule has 0 spiro atoms. The molecule has 1 unspecified atom stereocenters. The Kier molecular flexibility index (Phi) is 2.95. The summed E-state index contributed by atoms with van der Waals surface area (Å²) in [5.41, 5.74) is 12.1. The highest BCUT2D eigenvalue weighted by atomic mass is 15.2. The van der Waals surface area contributed by atoms with Gasteiger partial charge in [0.05, 0.1) is 0 Å². The van der Waals surface area contributed by atoms with E-state index in [4.69, 9.17) is 11.5 Å². The molecule has 0 radical (unpaired) electrons. The van der Waals surface area contributed by atoms with Gasteiger partial charge < -0.3 is 16.4 Å². The Labute approximate surface area is 117 Å². The van der Waals surface area contributed by atoms with Crippen LogP contribution >= 0.6 is 0 Å². The predicted molar refractivity (Wildman–Crippen MR) is 77.6 cm³/mol. The van der Waals surface area contributed by atoms with Crippen molar-refractivity contribution in [3.05, 3.63) is 0 Å². The molecule has 1 atom stereocenters. The molecule has 1 aliphatic heterocycles. The number of likely N-dealkylation sites (tertiary alicyclic amines) is 1. The Bertz CT molecular complexity index is 328. The normalized spacial score (nSPS) is 53.1. The molecule has 1 saturated heterocycles. The molecule has 5 fully saturated rings. The predicted octanol–water partition coefficient (Wildman–Crippen LogP) is 1.42. The molecule has 0 amide bonds. The minimum atomic E-state index is -0.0914. The maximum atomic E-state index is 6.33. The summed E-state index contributed by atoms with van der Waals surface area (Å²) in [6.07, 6.45) is 8.80. The van der Waals surface area contributed by atoms with Crippen molar-refractivity contribution < 1.29 is 0 Å². The zero-order valence-electron chi connectivity index (χ0n) is 12.1. The van der Waals surface area contributed by atoms with Gasteiger partial charge in [-0.05, 0) is 68.1 Å². The summed E-state index contributed by atoms with van der Waals surface area (Å²) in [4.78, 5) is 2.62. The van der Waals surface area contributed by atoms with Gasteiger partial charge >= 0.3 is 0 Å². The molecule has 19 heavy (non-hydrogen) atoms. The van der Waals surface area contributed by atoms with Crippen molar-refractivity contribution in [2.75, 3.05) is 26.2 Å². The fourth-order valence-corrected chi connectivity index (χ4v) is 5.94.